The molecule has 0 unspecified atom stereocenters. The van der Waals surface area contributed by atoms with Crippen molar-refractivity contribution in [2.45, 2.75) is 11.4 Å². The summed E-state index contributed by atoms with van der Waals surface area (Å²) < 4.78 is 27.7. The van der Waals surface area contributed by atoms with E-state index in [1.54, 1.807) is 42.5 Å². The number of fused-ring (bicyclic) bond motifs is 3. The first kappa shape index (κ1) is 19.8. The highest BCUT2D eigenvalue weighted by molar-refractivity contribution is 7.89. The van der Waals surface area contributed by atoms with E-state index in [9.17, 15) is 18.0 Å². The van der Waals surface area contributed by atoms with E-state index in [-0.39, 0.29) is 28.2 Å². The molecule has 10 heteroatoms. The van der Waals surface area contributed by atoms with Crippen LogP contribution in [0.2, 0.25) is 0 Å². The van der Waals surface area contributed by atoms with Gasteiger partial charge in [0.05, 0.1) is 22.0 Å². The Morgan fingerprint density at radius 2 is 1.83 bits per heavy atom. The average Bonchev–Trinajstić information content (AvgIpc) is 3.16. The number of para-hydroxylation sites is 1. The fourth-order valence-corrected chi connectivity index (χ4v) is 4.33. The first-order valence-corrected chi connectivity index (χ1v) is 10.5. The Hall–Kier alpha value is -3.50. The second-order valence-electron chi connectivity index (χ2n) is 6.87. The van der Waals surface area contributed by atoms with Crippen molar-refractivity contribution < 1.29 is 13.2 Å². The molecular formula is C20H19N5O4S. The quantitative estimate of drug-likeness (QED) is 0.501. The van der Waals surface area contributed by atoms with Crippen LogP contribution >= 0.6 is 0 Å². The van der Waals surface area contributed by atoms with Gasteiger partial charge >= 0.3 is 0 Å². The van der Waals surface area contributed by atoms with Crippen molar-refractivity contribution in [3.05, 3.63) is 76.2 Å². The lowest BCUT2D eigenvalue weighted by Crippen LogP contribution is -2.27. The summed E-state index contributed by atoms with van der Waals surface area (Å²) in [6.07, 6.45) is 1.37. The molecule has 2 aromatic heterocycles. The van der Waals surface area contributed by atoms with Gasteiger partial charge in [0.2, 0.25) is 10.0 Å². The lowest BCUT2D eigenvalue weighted by molar-refractivity contribution is 0.0952. The van der Waals surface area contributed by atoms with Crippen LogP contribution in [0, 0.1) is 0 Å². The second-order valence-corrected chi connectivity index (χ2v) is 8.99. The van der Waals surface area contributed by atoms with E-state index in [4.69, 9.17) is 0 Å². The number of hydrogen-bond donors (Lipinski definition) is 2. The molecule has 0 spiro atoms. The molecule has 0 aliphatic heterocycles. The van der Waals surface area contributed by atoms with Gasteiger partial charge in [-0.1, -0.05) is 30.3 Å². The number of sulfonamides is 1. The minimum absolute atomic E-state index is 0.00275. The number of amides is 1. The van der Waals surface area contributed by atoms with Crippen molar-refractivity contribution in [1.29, 1.82) is 0 Å². The lowest BCUT2D eigenvalue weighted by Gasteiger charge is -2.15. The Kier molecular flexibility index (Phi) is 4.88. The molecule has 0 atom stereocenters. The first-order chi connectivity index (χ1) is 14.3. The lowest BCUT2D eigenvalue weighted by atomic mass is 10.2. The summed E-state index contributed by atoms with van der Waals surface area (Å²) in [5.41, 5.74) is 1.17. The monoisotopic (exact) mass is 425 g/mol. The SMILES string of the molecule is CN(C)S(=O)(=O)c1ccccc1CNC(=O)c1cnn2c1[nH]c(=O)c1ccccc12. The fourth-order valence-electron chi connectivity index (χ4n) is 3.21. The number of carbonyl (C=O) groups is 1. The van der Waals surface area contributed by atoms with Crippen molar-refractivity contribution >= 4 is 32.5 Å². The molecule has 30 heavy (non-hydrogen) atoms. The van der Waals surface area contributed by atoms with Gasteiger partial charge in [0.1, 0.15) is 11.2 Å². The Bertz CT molecular complexity index is 1440. The van der Waals surface area contributed by atoms with Gasteiger partial charge in [-0.2, -0.15) is 5.10 Å². The number of benzene rings is 2. The smallest absolute Gasteiger partial charge is 0.259 e. The van der Waals surface area contributed by atoms with Crippen LogP contribution in [0.1, 0.15) is 15.9 Å². The van der Waals surface area contributed by atoms with E-state index in [1.807, 2.05) is 0 Å². The summed E-state index contributed by atoms with van der Waals surface area (Å²) in [4.78, 5) is 28.0. The third kappa shape index (κ3) is 3.25. The van der Waals surface area contributed by atoms with Crippen molar-refractivity contribution in [3.8, 4) is 0 Å². The molecule has 0 aliphatic carbocycles. The summed E-state index contributed by atoms with van der Waals surface area (Å²) in [5.74, 6) is -0.479. The van der Waals surface area contributed by atoms with Gasteiger partial charge in [0.25, 0.3) is 11.5 Å². The van der Waals surface area contributed by atoms with E-state index in [0.717, 1.165) is 4.31 Å². The maximum atomic E-state index is 12.8. The number of aromatic amines is 1. The van der Waals surface area contributed by atoms with Gasteiger partial charge in [-0.3, -0.25) is 9.59 Å². The molecule has 0 fully saturated rings. The van der Waals surface area contributed by atoms with Crippen molar-refractivity contribution in [2.24, 2.45) is 0 Å². The van der Waals surface area contributed by atoms with Gasteiger partial charge in [-0.25, -0.2) is 17.2 Å². The number of H-pyrrole nitrogens is 1. The second kappa shape index (κ2) is 7.39. The summed E-state index contributed by atoms with van der Waals surface area (Å²) in [7, 11) is -0.758. The molecule has 0 bridgehead atoms. The summed E-state index contributed by atoms with van der Waals surface area (Å²) >= 11 is 0. The van der Waals surface area contributed by atoms with Crippen LogP contribution < -0.4 is 10.9 Å². The van der Waals surface area contributed by atoms with Gasteiger partial charge in [0, 0.05) is 20.6 Å². The van der Waals surface area contributed by atoms with Crippen LogP contribution in [0.3, 0.4) is 0 Å². The van der Waals surface area contributed by atoms with Crippen molar-refractivity contribution in [3.63, 3.8) is 0 Å². The summed E-state index contributed by atoms with van der Waals surface area (Å²) in [5, 5.41) is 7.40. The maximum Gasteiger partial charge on any atom is 0.259 e. The molecule has 9 nitrogen and oxygen atoms in total. The highest BCUT2D eigenvalue weighted by atomic mass is 32.2. The molecule has 4 aromatic rings. The number of hydrogen-bond acceptors (Lipinski definition) is 5. The van der Waals surface area contributed by atoms with Gasteiger partial charge in [0.15, 0.2) is 0 Å². The Balaban J connectivity index is 1.67. The standard InChI is InChI=1S/C20H19N5O4S/c1-24(2)30(28,29)17-10-6-3-7-13(17)11-21-19(26)15-12-22-25-16-9-5-4-8-14(16)20(27)23-18(15)25/h3-10,12H,11H2,1-2H3,(H,21,26)(H,23,27). The molecule has 2 heterocycles. The largest absolute Gasteiger partial charge is 0.348 e. The molecule has 2 N–H and O–H groups in total. The molecule has 0 saturated heterocycles. The highest BCUT2D eigenvalue weighted by Gasteiger charge is 2.22. The summed E-state index contributed by atoms with van der Waals surface area (Å²) in [6, 6.07) is 13.4. The zero-order valence-electron chi connectivity index (χ0n) is 16.3. The average molecular weight is 425 g/mol. The van der Waals surface area contributed by atoms with Crippen molar-refractivity contribution in [2.75, 3.05) is 14.1 Å². The topological polar surface area (TPSA) is 117 Å². The maximum absolute atomic E-state index is 12.8. The predicted molar refractivity (Wildman–Crippen MR) is 112 cm³/mol. The number of nitrogens with one attached hydrogen (secondary N) is 2. The number of aromatic nitrogens is 3. The molecule has 0 aliphatic rings. The van der Waals surface area contributed by atoms with Gasteiger partial charge in [-0.15, -0.1) is 0 Å². The molecule has 0 radical (unpaired) electrons. The first-order valence-electron chi connectivity index (χ1n) is 9.08. The zero-order valence-corrected chi connectivity index (χ0v) is 17.1. The minimum atomic E-state index is -3.66. The predicted octanol–water partition coefficient (Wildman–Crippen LogP) is 1.36. The number of nitrogens with zero attached hydrogens (tertiary/aromatic N) is 3. The summed E-state index contributed by atoms with van der Waals surface area (Å²) in [6.45, 7) is -0.00275. The Morgan fingerprint density at radius 1 is 1.13 bits per heavy atom. The van der Waals surface area contributed by atoms with E-state index >= 15 is 0 Å². The number of rotatable bonds is 5. The Morgan fingerprint density at radius 3 is 2.60 bits per heavy atom. The molecular weight excluding hydrogens is 406 g/mol. The van der Waals surface area contributed by atoms with Gasteiger partial charge < -0.3 is 10.3 Å². The fraction of sp³-hybridized carbons (Fsp3) is 0.150. The van der Waals surface area contributed by atoms with E-state index in [1.165, 1.54) is 30.9 Å². The van der Waals surface area contributed by atoms with Crippen LogP contribution in [0.5, 0.6) is 0 Å². The van der Waals surface area contributed by atoms with E-state index < -0.39 is 15.9 Å². The normalized spacial score (nSPS) is 12.0. The third-order valence-electron chi connectivity index (χ3n) is 4.79. The molecule has 2 aromatic carbocycles. The highest BCUT2D eigenvalue weighted by Crippen LogP contribution is 2.19. The van der Waals surface area contributed by atoms with Crippen LogP contribution in [-0.4, -0.2) is 47.3 Å². The number of carbonyl (C=O) groups excluding carboxylic acids is 1. The van der Waals surface area contributed by atoms with Crippen LogP contribution in [0.15, 0.2) is 64.4 Å². The van der Waals surface area contributed by atoms with Crippen LogP contribution in [-0.2, 0) is 16.6 Å². The molecule has 154 valence electrons. The molecule has 1 amide bonds. The van der Waals surface area contributed by atoms with Crippen LogP contribution in [0.25, 0.3) is 16.6 Å². The molecule has 0 saturated carbocycles. The van der Waals surface area contributed by atoms with Gasteiger partial charge in [-0.05, 0) is 23.8 Å². The van der Waals surface area contributed by atoms with Crippen LogP contribution in [0.4, 0.5) is 0 Å². The minimum Gasteiger partial charge on any atom is -0.348 e. The van der Waals surface area contributed by atoms with E-state index in [0.29, 0.717) is 16.5 Å². The Labute approximate surface area is 172 Å². The van der Waals surface area contributed by atoms with E-state index in [2.05, 4.69) is 15.4 Å². The zero-order chi connectivity index (χ0) is 21.5. The molecule has 4 rings (SSSR count). The van der Waals surface area contributed by atoms with Crippen molar-refractivity contribution in [1.82, 2.24) is 24.2 Å². The third-order valence-corrected chi connectivity index (χ3v) is 6.71.